The monoisotopic (exact) mass is 292 g/mol. The van der Waals surface area contributed by atoms with Crippen LogP contribution >= 0.6 is 0 Å². The van der Waals surface area contributed by atoms with Crippen LogP contribution in [0.2, 0.25) is 0 Å². The standard InChI is InChI=1S/C15H20N2O4/c1-10(18)11-5-7-12(8-6-11)17-13(19)9-16-14(20)21-15(2,3)4/h5-8H,9H2,1-4H3,(H,16,20)(H,17,19). The fourth-order valence-electron chi connectivity index (χ4n) is 1.46. The average molecular weight is 292 g/mol. The van der Waals surface area contributed by atoms with Gasteiger partial charge in [0.2, 0.25) is 5.91 Å². The number of rotatable bonds is 4. The fraction of sp³-hybridized carbons (Fsp3) is 0.400. The summed E-state index contributed by atoms with van der Waals surface area (Å²) in [5.74, 6) is -0.420. The highest BCUT2D eigenvalue weighted by Gasteiger charge is 2.16. The van der Waals surface area contributed by atoms with E-state index in [9.17, 15) is 14.4 Å². The summed E-state index contributed by atoms with van der Waals surface area (Å²) >= 11 is 0. The van der Waals surface area contributed by atoms with E-state index < -0.39 is 11.7 Å². The van der Waals surface area contributed by atoms with Crippen molar-refractivity contribution in [2.45, 2.75) is 33.3 Å². The Morgan fingerprint density at radius 1 is 1.10 bits per heavy atom. The normalized spacial score (nSPS) is 10.7. The van der Waals surface area contributed by atoms with Gasteiger partial charge in [-0.3, -0.25) is 9.59 Å². The number of Topliss-reactive ketones (excluding diaryl/α,β-unsaturated/α-hetero) is 1. The molecule has 114 valence electrons. The first-order valence-corrected chi connectivity index (χ1v) is 6.55. The molecule has 0 saturated carbocycles. The van der Waals surface area contributed by atoms with Crippen molar-refractivity contribution in [1.29, 1.82) is 0 Å². The van der Waals surface area contributed by atoms with Gasteiger partial charge in [-0.15, -0.1) is 0 Å². The maximum Gasteiger partial charge on any atom is 0.408 e. The zero-order valence-corrected chi connectivity index (χ0v) is 12.6. The lowest BCUT2D eigenvalue weighted by molar-refractivity contribution is -0.115. The van der Waals surface area contributed by atoms with Gasteiger partial charge in [0.25, 0.3) is 0 Å². The van der Waals surface area contributed by atoms with Crippen LogP contribution in [0.5, 0.6) is 0 Å². The van der Waals surface area contributed by atoms with Crippen LogP contribution < -0.4 is 10.6 Å². The highest BCUT2D eigenvalue weighted by molar-refractivity contribution is 5.96. The summed E-state index contributed by atoms with van der Waals surface area (Å²) in [6.45, 7) is 6.50. The number of hydrogen-bond donors (Lipinski definition) is 2. The molecule has 0 radical (unpaired) electrons. The lowest BCUT2D eigenvalue weighted by Gasteiger charge is -2.19. The maximum absolute atomic E-state index is 11.7. The summed E-state index contributed by atoms with van der Waals surface area (Å²) in [4.78, 5) is 34.2. The second kappa shape index (κ2) is 6.88. The molecule has 0 unspecified atom stereocenters. The van der Waals surface area contributed by atoms with E-state index in [1.54, 1.807) is 45.0 Å². The number of alkyl carbamates (subject to hydrolysis) is 1. The molecule has 2 amide bonds. The summed E-state index contributed by atoms with van der Waals surface area (Å²) in [6.07, 6.45) is -0.649. The van der Waals surface area contributed by atoms with Gasteiger partial charge < -0.3 is 15.4 Å². The number of ketones is 1. The smallest absolute Gasteiger partial charge is 0.408 e. The van der Waals surface area contributed by atoms with Crippen LogP contribution in [0.25, 0.3) is 0 Å². The van der Waals surface area contributed by atoms with Crippen molar-refractivity contribution < 1.29 is 19.1 Å². The first-order chi connectivity index (χ1) is 9.67. The molecule has 0 spiro atoms. The molecule has 1 rings (SSSR count). The van der Waals surface area contributed by atoms with Gasteiger partial charge in [0.05, 0.1) is 0 Å². The van der Waals surface area contributed by atoms with Crippen molar-refractivity contribution in [3.63, 3.8) is 0 Å². The van der Waals surface area contributed by atoms with Gasteiger partial charge in [0.1, 0.15) is 12.1 Å². The van der Waals surface area contributed by atoms with Crippen LogP contribution in [0.15, 0.2) is 24.3 Å². The Morgan fingerprint density at radius 3 is 2.14 bits per heavy atom. The van der Waals surface area contributed by atoms with E-state index in [2.05, 4.69) is 10.6 Å². The van der Waals surface area contributed by atoms with Gasteiger partial charge in [-0.1, -0.05) is 0 Å². The summed E-state index contributed by atoms with van der Waals surface area (Å²) < 4.78 is 5.01. The molecule has 0 fully saturated rings. The summed E-state index contributed by atoms with van der Waals surface area (Å²) in [6, 6.07) is 6.50. The van der Waals surface area contributed by atoms with Crippen molar-refractivity contribution in [1.82, 2.24) is 5.32 Å². The van der Waals surface area contributed by atoms with Gasteiger partial charge in [0, 0.05) is 11.3 Å². The molecule has 2 N–H and O–H groups in total. The quantitative estimate of drug-likeness (QED) is 0.834. The number of hydrogen-bond acceptors (Lipinski definition) is 4. The Kier molecular flexibility index (Phi) is 5.46. The third-order valence-corrected chi connectivity index (χ3v) is 2.37. The minimum atomic E-state index is -0.649. The van der Waals surface area contributed by atoms with E-state index in [1.165, 1.54) is 6.92 Å². The van der Waals surface area contributed by atoms with Crippen LogP contribution in [0, 0.1) is 0 Å². The number of nitrogens with one attached hydrogen (secondary N) is 2. The summed E-state index contributed by atoms with van der Waals surface area (Å²) in [7, 11) is 0. The number of carbonyl (C=O) groups excluding carboxylic acids is 3. The zero-order valence-electron chi connectivity index (χ0n) is 12.6. The lowest BCUT2D eigenvalue weighted by Crippen LogP contribution is -2.37. The van der Waals surface area contributed by atoms with E-state index in [0.29, 0.717) is 11.3 Å². The molecule has 1 aromatic carbocycles. The van der Waals surface area contributed by atoms with Crippen LogP contribution in [0.4, 0.5) is 10.5 Å². The van der Waals surface area contributed by atoms with Crippen LogP contribution in [0.1, 0.15) is 38.1 Å². The first-order valence-electron chi connectivity index (χ1n) is 6.55. The molecule has 0 saturated heterocycles. The van der Waals surface area contributed by atoms with E-state index >= 15 is 0 Å². The number of amides is 2. The molecule has 6 nitrogen and oxygen atoms in total. The summed E-state index contributed by atoms with van der Waals surface area (Å²) in [5, 5.41) is 4.97. The molecule has 0 atom stereocenters. The van der Waals surface area contributed by atoms with Crippen molar-refractivity contribution in [3.05, 3.63) is 29.8 Å². The molecular formula is C15H20N2O4. The van der Waals surface area contributed by atoms with Gasteiger partial charge in [-0.25, -0.2) is 4.79 Å². The van der Waals surface area contributed by atoms with E-state index in [1.807, 2.05) is 0 Å². The number of benzene rings is 1. The van der Waals surface area contributed by atoms with Gasteiger partial charge >= 0.3 is 6.09 Å². The molecule has 0 heterocycles. The van der Waals surface area contributed by atoms with E-state index in [-0.39, 0.29) is 18.2 Å². The van der Waals surface area contributed by atoms with Crippen molar-refractivity contribution in [2.24, 2.45) is 0 Å². The third kappa shape index (κ3) is 6.56. The summed E-state index contributed by atoms with van der Waals surface area (Å²) in [5.41, 5.74) is 0.513. The molecule has 6 heteroatoms. The molecule has 0 bridgehead atoms. The van der Waals surface area contributed by atoms with Gasteiger partial charge in [-0.05, 0) is 52.0 Å². The van der Waals surface area contributed by atoms with Crippen molar-refractivity contribution in [2.75, 3.05) is 11.9 Å². The fourth-order valence-corrected chi connectivity index (χ4v) is 1.46. The van der Waals surface area contributed by atoms with E-state index in [0.717, 1.165) is 0 Å². The Labute approximate surface area is 123 Å². The molecule has 0 aliphatic heterocycles. The molecule has 0 aliphatic rings. The Hall–Kier alpha value is -2.37. The van der Waals surface area contributed by atoms with Crippen LogP contribution in [0.3, 0.4) is 0 Å². The molecular weight excluding hydrogens is 272 g/mol. The Morgan fingerprint density at radius 2 is 1.67 bits per heavy atom. The molecule has 21 heavy (non-hydrogen) atoms. The van der Waals surface area contributed by atoms with Crippen molar-refractivity contribution in [3.8, 4) is 0 Å². The average Bonchev–Trinajstić information content (AvgIpc) is 2.35. The Balaban J connectivity index is 2.43. The third-order valence-electron chi connectivity index (χ3n) is 2.37. The predicted molar refractivity (Wildman–Crippen MR) is 79.3 cm³/mol. The molecule has 1 aromatic rings. The minimum absolute atomic E-state index is 0.0422. The van der Waals surface area contributed by atoms with Gasteiger partial charge in [-0.2, -0.15) is 0 Å². The van der Waals surface area contributed by atoms with Crippen molar-refractivity contribution >= 4 is 23.5 Å². The highest BCUT2D eigenvalue weighted by atomic mass is 16.6. The number of carbonyl (C=O) groups is 3. The highest BCUT2D eigenvalue weighted by Crippen LogP contribution is 2.10. The topological polar surface area (TPSA) is 84.5 Å². The minimum Gasteiger partial charge on any atom is -0.444 e. The number of anilines is 1. The predicted octanol–water partition coefficient (Wildman–Crippen LogP) is 2.35. The molecule has 0 aromatic heterocycles. The number of ether oxygens (including phenoxy) is 1. The lowest BCUT2D eigenvalue weighted by atomic mass is 10.1. The second-order valence-electron chi connectivity index (χ2n) is 5.54. The zero-order chi connectivity index (χ0) is 16.0. The van der Waals surface area contributed by atoms with Crippen LogP contribution in [-0.4, -0.2) is 29.9 Å². The molecule has 0 aliphatic carbocycles. The van der Waals surface area contributed by atoms with Crippen LogP contribution in [-0.2, 0) is 9.53 Å². The first kappa shape index (κ1) is 16.7. The maximum atomic E-state index is 11.7. The largest absolute Gasteiger partial charge is 0.444 e. The van der Waals surface area contributed by atoms with Gasteiger partial charge in [0.15, 0.2) is 5.78 Å². The second-order valence-corrected chi connectivity index (χ2v) is 5.54. The van der Waals surface area contributed by atoms with E-state index in [4.69, 9.17) is 4.74 Å². The Bertz CT molecular complexity index is 530. The SMILES string of the molecule is CC(=O)c1ccc(NC(=O)CNC(=O)OC(C)(C)C)cc1.